The number of allylic oxidation sites excluding steroid dienone is 1. The molecule has 0 aromatic carbocycles. The fraction of sp³-hybridized carbons (Fsp3) is 0.429. The Labute approximate surface area is 69.4 Å². The van der Waals surface area contributed by atoms with Gasteiger partial charge in [0.15, 0.2) is 0 Å². The number of hydrogen-bond donors (Lipinski definition) is 2. The van der Waals surface area contributed by atoms with Crippen molar-refractivity contribution in [2.75, 3.05) is 6.54 Å². The van der Waals surface area contributed by atoms with Gasteiger partial charge in [0.25, 0.3) is 0 Å². The first-order valence-corrected chi connectivity index (χ1v) is 3.87. The Morgan fingerprint density at radius 1 is 1.33 bits per heavy atom. The number of amides is 4. The minimum Gasteiger partial charge on any atom is -0.294 e. The highest BCUT2D eigenvalue weighted by Gasteiger charge is 2.27. The molecule has 2 aliphatic rings. The molecule has 0 aliphatic carbocycles. The van der Waals surface area contributed by atoms with E-state index < -0.39 is 6.03 Å². The van der Waals surface area contributed by atoms with Gasteiger partial charge in [-0.15, -0.1) is 0 Å². The maximum atomic E-state index is 11.2. The summed E-state index contributed by atoms with van der Waals surface area (Å²) in [6.07, 6.45) is 3.73. The molecule has 1 saturated heterocycles. The van der Waals surface area contributed by atoms with Crippen LogP contribution in [0.15, 0.2) is 11.9 Å². The quantitative estimate of drug-likeness (QED) is 0.547. The molecule has 0 saturated carbocycles. The Hall–Kier alpha value is -1.52. The van der Waals surface area contributed by atoms with Gasteiger partial charge in [-0.2, -0.15) is 0 Å². The van der Waals surface area contributed by atoms with Crippen molar-refractivity contribution in [1.82, 2.24) is 15.5 Å². The number of hydrogen-bond acceptors (Lipinski definition) is 2. The van der Waals surface area contributed by atoms with Crippen molar-refractivity contribution < 1.29 is 9.59 Å². The van der Waals surface area contributed by atoms with E-state index in [0.717, 1.165) is 12.8 Å². The summed E-state index contributed by atoms with van der Waals surface area (Å²) in [6, 6.07) is -0.769. The van der Waals surface area contributed by atoms with Gasteiger partial charge in [-0.05, 0) is 18.9 Å². The molecule has 0 spiro atoms. The van der Waals surface area contributed by atoms with Crippen LogP contribution in [-0.4, -0.2) is 23.5 Å². The van der Waals surface area contributed by atoms with Crippen LogP contribution in [0.3, 0.4) is 0 Å². The Balaban J connectivity index is 2.25. The maximum Gasteiger partial charge on any atom is 0.331 e. The number of carbonyl (C=O) groups excluding carboxylic acids is 2. The molecule has 0 bridgehead atoms. The summed E-state index contributed by atoms with van der Waals surface area (Å²) in [5, 5.41) is 4.74. The van der Waals surface area contributed by atoms with Crippen LogP contribution in [-0.2, 0) is 0 Å². The van der Waals surface area contributed by atoms with Gasteiger partial charge < -0.3 is 0 Å². The lowest BCUT2D eigenvalue weighted by Crippen LogP contribution is -2.56. The van der Waals surface area contributed by atoms with Crippen molar-refractivity contribution in [2.24, 2.45) is 0 Å². The fourth-order valence-electron chi connectivity index (χ4n) is 1.36. The predicted molar refractivity (Wildman–Crippen MR) is 41.1 cm³/mol. The molecule has 2 heterocycles. The van der Waals surface area contributed by atoms with Crippen LogP contribution in [0, 0.1) is 0 Å². The molecule has 0 unspecified atom stereocenters. The number of urea groups is 2. The van der Waals surface area contributed by atoms with Crippen LogP contribution in [0.2, 0.25) is 0 Å². The largest absolute Gasteiger partial charge is 0.331 e. The summed E-state index contributed by atoms with van der Waals surface area (Å²) in [4.78, 5) is 23.5. The molecular formula is C7H9N3O2. The van der Waals surface area contributed by atoms with E-state index in [-0.39, 0.29) is 6.03 Å². The standard InChI is InChI=1S/C7H9N3O2/c11-6-8-5-3-1-2-4-10(5)7(12)9-6/h3H,1-2,4H2,(H2,8,9,11,12). The first-order chi connectivity index (χ1) is 5.77. The lowest BCUT2D eigenvalue weighted by Gasteiger charge is -2.32. The Morgan fingerprint density at radius 3 is 3.00 bits per heavy atom. The highest BCUT2D eigenvalue weighted by Crippen LogP contribution is 2.14. The summed E-state index contributed by atoms with van der Waals surface area (Å²) in [6.45, 7) is 0.679. The molecule has 2 rings (SSSR count). The van der Waals surface area contributed by atoms with E-state index in [2.05, 4.69) is 10.6 Å². The molecule has 0 atom stereocenters. The van der Waals surface area contributed by atoms with Crippen molar-refractivity contribution in [3.8, 4) is 0 Å². The van der Waals surface area contributed by atoms with E-state index in [9.17, 15) is 9.59 Å². The molecule has 0 aromatic rings. The second kappa shape index (κ2) is 2.51. The zero-order valence-corrected chi connectivity index (χ0v) is 6.46. The van der Waals surface area contributed by atoms with E-state index in [4.69, 9.17) is 0 Å². The summed E-state index contributed by atoms with van der Waals surface area (Å²) in [7, 11) is 0. The van der Waals surface area contributed by atoms with E-state index in [1.165, 1.54) is 4.90 Å². The van der Waals surface area contributed by atoms with Crippen molar-refractivity contribution in [2.45, 2.75) is 12.8 Å². The van der Waals surface area contributed by atoms with Gasteiger partial charge in [0.05, 0.1) is 0 Å². The molecule has 1 fully saturated rings. The Bertz CT molecular complexity index is 272. The van der Waals surface area contributed by atoms with Crippen LogP contribution < -0.4 is 10.6 Å². The van der Waals surface area contributed by atoms with Crippen LogP contribution in [0.5, 0.6) is 0 Å². The van der Waals surface area contributed by atoms with Gasteiger partial charge in [-0.25, -0.2) is 9.59 Å². The Kier molecular flexibility index (Phi) is 1.49. The van der Waals surface area contributed by atoms with Crippen molar-refractivity contribution >= 4 is 12.1 Å². The molecule has 4 amide bonds. The average Bonchev–Trinajstić information content (AvgIpc) is 2.04. The molecule has 2 aliphatic heterocycles. The highest BCUT2D eigenvalue weighted by molar-refractivity contribution is 5.97. The van der Waals surface area contributed by atoms with Gasteiger partial charge in [0.1, 0.15) is 5.82 Å². The van der Waals surface area contributed by atoms with Gasteiger partial charge in [0, 0.05) is 6.54 Å². The third kappa shape index (κ3) is 1.03. The lowest BCUT2D eigenvalue weighted by molar-refractivity contribution is 0.190. The van der Waals surface area contributed by atoms with Gasteiger partial charge in [0.2, 0.25) is 0 Å². The zero-order valence-electron chi connectivity index (χ0n) is 6.46. The Morgan fingerprint density at radius 2 is 2.17 bits per heavy atom. The molecule has 5 heteroatoms. The number of fused-ring (bicyclic) bond motifs is 1. The van der Waals surface area contributed by atoms with Crippen molar-refractivity contribution in [1.29, 1.82) is 0 Å². The van der Waals surface area contributed by atoms with Crippen LogP contribution in [0.4, 0.5) is 9.59 Å². The second-order valence-electron chi connectivity index (χ2n) is 2.77. The SMILES string of the molecule is O=C1NC(=O)N2CCCC=C2N1. The van der Waals surface area contributed by atoms with E-state index in [0.29, 0.717) is 12.4 Å². The van der Waals surface area contributed by atoms with Crippen LogP contribution >= 0.6 is 0 Å². The number of rotatable bonds is 0. The first kappa shape index (κ1) is 7.15. The first-order valence-electron chi connectivity index (χ1n) is 3.87. The lowest BCUT2D eigenvalue weighted by atomic mass is 10.2. The normalized spacial score (nSPS) is 22.3. The maximum absolute atomic E-state index is 11.2. The number of carbonyl (C=O) groups is 2. The smallest absolute Gasteiger partial charge is 0.294 e. The zero-order chi connectivity index (χ0) is 8.55. The van der Waals surface area contributed by atoms with Gasteiger partial charge in [-0.3, -0.25) is 15.5 Å². The molecule has 0 radical (unpaired) electrons. The molecule has 5 nitrogen and oxygen atoms in total. The summed E-state index contributed by atoms with van der Waals surface area (Å²) < 4.78 is 0. The topological polar surface area (TPSA) is 61.4 Å². The molecule has 2 N–H and O–H groups in total. The van der Waals surface area contributed by atoms with Gasteiger partial charge >= 0.3 is 12.1 Å². The van der Waals surface area contributed by atoms with Crippen molar-refractivity contribution in [3.63, 3.8) is 0 Å². The van der Waals surface area contributed by atoms with E-state index >= 15 is 0 Å². The predicted octanol–water partition coefficient (Wildman–Crippen LogP) is 0.356. The summed E-state index contributed by atoms with van der Waals surface area (Å²) >= 11 is 0. The van der Waals surface area contributed by atoms with Crippen LogP contribution in [0.25, 0.3) is 0 Å². The van der Waals surface area contributed by atoms with Gasteiger partial charge in [-0.1, -0.05) is 0 Å². The van der Waals surface area contributed by atoms with E-state index in [1.807, 2.05) is 6.08 Å². The third-order valence-electron chi connectivity index (χ3n) is 1.92. The van der Waals surface area contributed by atoms with Crippen molar-refractivity contribution in [3.05, 3.63) is 11.9 Å². The second-order valence-corrected chi connectivity index (χ2v) is 2.77. The number of nitrogens with one attached hydrogen (secondary N) is 2. The van der Waals surface area contributed by atoms with E-state index in [1.54, 1.807) is 0 Å². The molecule has 0 aromatic heterocycles. The minimum absolute atomic E-state index is 0.329. The summed E-state index contributed by atoms with van der Waals surface area (Å²) in [5.74, 6) is 0.620. The monoisotopic (exact) mass is 167 g/mol. The van der Waals surface area contributed by atoms with Crippen LogP contribution in [0.1, 0.15) is 12.8 Å². The summed E-state index contributed by atoms with van der Waals surface area (Å²) in [5.41, 5.74) is 0. The molecule has 12 heavy (non-hydrogen) atoms. The highest BCUT2D eigenvalue weighted by atomic mass is 16.2. The average molecular weight is 167 g/mol. The number of imide groups is 1. The third-order valence-corrected chi connectivity index (χ3v) is 1.92. The minimum atomic E-state index is -0.440. The molecular weight excluding hydrogens is 158 g/mol. The molecule has 64 valence electrons. The fourth-order valence-corrected chi connectivity index (χ4v) is 1.36. The number of nitrogens with zero attached hydrogens (tertiary/aromatic N) is 1.